The lowest BCUT2D eigenvalue weighted by Crippen LogP contribution is -2.13. The number of amides is 1. The Balaban J connectivity index is 1.82. The van der Waals surface area contributed by atoms with E-state index in [1.54, 1.807) is 12.1 Å². The van der Waals surface area contributed by atoms with E-state index in [4.69, 9.17) is 9.47 Å². The van der Waals surface area contributed by atoms with Gasteiger partial charge >= 0.3 is 0 Å². The molecule has 2 aromatic rings. The quantitative estimate of drug-likeness (QED) is 0.523. The van der Waals surface area contributed by atoms with Crippen LogP contribution in [0.2, 0.25) is 0 Å². The number of anilines is 1. The summed E-state index contributed by atoms with van der Waals surface area (Å²) in [6.07, 6.45) is 2.82. The van der Waals surface area contributed by atoms with E-state index in [0.717, 1.165) is 5.56 Å². The number of ether oxygens (including phenoxy) is 2. The zero-order chi connectivity index (χ0) is 17.8. The normalized spacial score (nSPS) is 13.2. The number of carbonyl (C=O) groups excluding carboxylic acids is 1. The first kappa shape index (κ1) is 16.7. The van der Waals surface area contributed by atoms with Gasteiger partial charge in [0.1, 0.15) is 5.75 Å². The summed E-state index contributed by atoms with van der Waals surface area (Å²) in [4.78, 5) is 22.6. The van der Waals surface area contributed by atoms with Gasteiger partial charge in [-0.05, 0) is 25.1 Å². The predicted molar refractivity (Wildman–Crippen MR) is 92.2 cm³/mol. The van der Waals surface area contributed by atoms with E-state index in [9.17, 15) is 14.9 Å². The standard InChI is InChI=1S/C18H16N2O5/c1-12-2-5-15(6-3-12)19-17(21)7-4-13-8-16(20(22)23)9-14-10-24-11-25-18(13)14/h2-9H,10-11H2,1H3,(H,19,21)/b7-4+. The van der Waals surface area contributed by atoms with E-state index in [0.29, 0.717) is 22.6 Å². The molecule has 0 saturated heterocycles. The molecule has 128 valence electrons. The number of fused-ring (bicyclic) bond motifs is 1. The molecule has 7 nitrogen and oxygen atoms in total. The topological polar surface area (TPSA) is 90.7 Å². The molecule has 0 radical (unpaired) electrons. The van der Waals surface area contributed by atoms with Crippen LogP contribution >= 0.6 is 0 Å². The number of benzene rings is 2. The zero-order valence-corrected chi connectivity index (χ0v) is 13.5. The summed E-state index contributed by atoms with van der Waals surface area (Å²) in [6.45, 7) is 2.26. The average Bonchev–Trinajstić information content (AvgIpc) is 2.61. The van der Waals surface area contributed by atoms with Crippen molar-refractivity contribution in [3.8, 4) is 5.75 Å². The maximum atomic E-state index is 12.1. The SMILES string of the molecule is Cc1ccc(NC(=O)/C=C/c2cc([N+](=O)[O-])cc3c2OCOC3)cc1. The highest BCUT2D eigenvalue weighted by atomic mass is 16.7. The first-order chi connectivity index (χ1) is 12.0. The molecule has 0 unspecified atom stereocenters. The molecule has 0 aliphatic carbocycles. The molecule has 1 aliphatic rings. The van der Waals surface area contributed by atoms with E-state index in [2.05, 4.69) is 5.32 Å². The van der Waals surface area contributed by atoms with Crippen molar-refractivity contribution in [3.63, 3.8) is 0 Å². The van der Waals surface area contributed by atoms with Crippen molar-refractivity contribution in [1.82, 2.24) is 0 Å². The van der Waals surface area contributed by atoms with Gasteiger partial charge in [0.25, 0.3) is 5.69 Å². The van der Waals surface area contributed by atoms with E-state index < -0.39 is 4.92 Å². The van der Waals surface area contributed by atoms with Crippen LogP contribution in [0.4, 0.5) is 11.4 Å². The van der Waals surface area contributed by atoms with E-state index in [-0.39, 0.29) is 25.0 Å². The summed E-state index contributed by atoms with van der Waals surface area (Å²) < 4.78 is 10.6. The van der Waals surface area contributed by atoms with Crippen molar-refractivity contribution in [2.75, 3.05) is 12.1 Å². The van der Waals surface area contributed by atoms with Crippen molar-refractivity contribution in [1.29, 1.82) is 0 Å². The molecule has 1 N–H and O–H groups in total. The molecule has 0 fully saturated rings. The van der Waals surface area contributed by atoms with Gasteiger partial charge < -0.3 is 14.8 Å². The highest BCUT2D eigenvalue weighted by Gasteiger charge is 2.19. The summed E-state index contributed by atoms with van der Waals surface area (Å²) in [5.74, 6) is 0.160. The van der Waals surface area contributed by atoms with Crippen molar-refractivity contribution < 1.29 is 19.2 Å². The summed E-state index contributed by atoms with van der Waals surface area (Å²) >= 11 is 0. The fourth-order valence-corrected chi connectivity index (χ4v) is 2.45. The Morgan fingerprint density at radius 3 is 2.76 bits per heavy atom. The van der Waals surface area contributed by atoms with Gasteiger partial charge in [-0.1, -0.05) is 17.7 Å². The van der Waals surface area contributed by atoms with Gasteiger partial charge in [0.15, 0.2) is 6.79 Å². The molecule has 0 saturated carbocycles. The van der Waals surface area contributed by atoms with Gasteiger partial charge in [0.05, 0.1) is 11.5 Å². The van der Waals surface area contributed by atoms with Crippen LogP contribution in [-0.2, 0) is 16.1 Å². The zero-order valence-electron chi connectivity index (χ0n) is 13.5. The van der Waals surface area contributed by atoms with Gasteiger partial charge in [-0.2, -0.15) is 0 Å². The minimum Gasteiger partial charge on any atom is -0.467 e. The van der Waals surface area contributed by atoms with Crippen LogP contribution in [0.25, 0.3) is 6.08 Å². The van der Waals surface area contributed by atoms with E-state index >= 15 is 0 Å². The van der Waals surface area contributed by atoms with Crippen LogP contribution < -0.4 is 10.1 Å². The number of hydrogen-bond donors (Lipinski definition) is 1. The van der Waals surface area contributed by atoms with Gasteiger partial charge in [0.2, 0.25) is 5.91 Å². The lowest BCUT2D eigenvalue weighted by atomic mass is 10.1. The second-order valence-corrected chi connectivity index (χ2v) is 5.58. The minimum absolute atomic E-state index is 0.0706. The van der Waals surface area contributed by atoms with Crippen LogP contribution in [0.5, 0.6) is 5.75 Å². The van der Waals surface area contributed by atoms with Crippen LogP contribution in [0.1, 0.15) is 16.7 Å². The number of rotatable bonds is 4. The molecule has 0 atom stereocenters. The third-order valence-electron chi connectivity index (χ3n) is 3.67. The fraction of sp³-hybridized carbons (Fsp3) is 0.167. The molecule has 0 spiro atoms. The predicted octanol–water partition coefficient (Wildman–Crippen LogP) is 3.42. The highest BCUT2D eigenvalue weighted by Crippen LogP contribution is 2.33. The highest BCUT2D eigenvalue weighted by molar-refractivity contribution is 6.02. The number of nitrogens with zero attached hydrogens (tertiary/aromatic N) is 1. The van der Waals surface area contributed by atoms with Crippen molar-refractivity contribution in [3.05, 3.63) is 69.3 Å². The Morgan fingerprint density at radius 2 is 2.04 bits per heavy atom. The van der Waals surface area contributed by atoms with Crippen molar-refractivity contribution >= 4 is 23.4 Å². The lowest BCUT2D eigenvalue weighted by Gasteiger charge is -2.19. The number of aryl methyl sites for hydroxylation is 1. The Morgan fingerprint density at radius 1 is 1.28 bits per heavy atom. The lowest BCUT2D eigenvalue weighted by molar-refractivity contribution is -0.385. The van der Waals surface area contributed by atoms with E-state index in [1.165, 1.54) is 24.3 Å². The molecule has 1 heterocycles. The Labute approximate surface area is 144 Å². The molecule has 7 heteroatoms. The largest absolute Gasteiger partial charge is 0.467 e. The number of nitro groups is 1. The fourth-order valence-electron chi connectivity index (χ4n) is 2.45. The Kier molecular flexibility index (Phi) is 4.76. The summed E-state index contributed by atoms with van der Waals surface area (Å²) in [5.41, 5.74) is 2.74. The third-order valence-corrected chi connectivity index (χ3v) is 3.67. The minimum atomic E-state index is -0.488. The maximum Gasteiger partial charge on any atom is 0.270 e. The molecular formula is C18H16N2O5. The number of carbonyl (C=O) groups is 1. The number of nitrogens with one attached hydrogen (secondary N) is 1. The summed E-state index contributed by atoms with van der Waals surface area (Å²) in [5, 5.41) is 13.8. The van der Waals surface area contributed by atoms with Gasteiger partial charge in [-0.3, -0.25) is 14.9 Å². The molecule has 1 aliphatic heterocycles. The first-order valence-electron chi connectivity index (χ1n) is 7.60. The monoisotopic (exact) mass is 340 g/mol. The Hall–Kier alpha value is -3.19. The molecule has 0 aromatic heterocycles. The maximum absolute atomic E-state index is 12.1. The molecule has 25 heavy (non-hydrogen) atoms. The molecule has 0 bridgehead atoms. The molecule has 3 rings (SSSR count). The second-order valence-electron chi connectivity index (χ2n) is 5.58. The number of nitro benzene ring substituents is 1. The Bertz CT molecular complexity index is 843. The average molecular weight is 340 g/mol. The first-order valence-corrected chi connectivity index (χ1v) is 7.60. The van der Waals surface area contributed by atoms with Crippen LogP contribution in [-0.4, -0.2) is 17.6 Å². The summed E-state index contributed by atoms with van der Waals surface area (Å²) in [7, 11) is 0. The van der Waals surface area contributed by atoms with Gasteiger partial charge in [-0.15, -0.1) is 0 Å². The third kappa shape index (κ3) is 4.02. The molecular weight excluding hydrogens is 324 g/mol. The van der Waals surface area contributed by atoms with Crippen molar-refractivity contribution in [2.45, 2.75) is 13.5 Å². The van der Waals surface area contributed by atoms with Crippen LogP contribution in [0.3, 0.4) is 0 Å². The van der Waals surface area contributed by atoms with Gasteiger partial charge in [-0.25, -0.2) is 0 Å². The number of hydrogen-bond acceptors (Lipinski definition) is 5. The van der Waals surface area contributed by atoms with Crippen molar-refractivity contribution in [2.24, 2.45) is 0 Å². The second kappa shape index (κ2) is 7.14. The van der Waals surface area contributed by atoms with Crippen LogP contribution in [0, 0.1) is 17.0 Å². The molecule has 2 aromatic carbocycles. The summed E-state index contributed by atoms with van der Waals surface area (Å²) in [6, 6.07) is 10.2. The smallest absolute Gasteiger partial charge is 0.270 e. The molecule has 1 amide bonds. The van der Waals surface area contributed by atoms with E-state index in [1.807, 2.05) is 19.1 Å². The number of non-ortho nitro benzene ring substituents is 1. The van der Waals surface area contributed by atoms with Gasteiger partial charge in [0, 0.05) is 35.0 Å². The van der Waals surface area contributed by atoms with Crippen LogP contribution in [0.15, 0.2) is 42.5 Å².